The molecular formula is C17H37N5O6. The molecule has 2 unspecified atom stereocenters. The van der Waals surface area contributed by atoms with E-state index in [2.05, 4.69) is 5.32 Å². The van der Waals surface area contributed by atoms with Crippen molar-refractivity contribution in [1.82, 2.24) is 5.32 Å². The van der Waals surface area contributed by atoms with Crippen molar-refractivity contribution in [2.75, 3.05) is 19.6 Å². The average molecular weight is 408 g/mol. The van der Waals surface area contributed by atoms with Crippen LogP contribution in [-0.2, 0) is 14.4 Å². The van der Waals surface area contributed by atoms with Crippen molar-refractivity contribution < 1.29 is 29.7 Å². The molecule has 28 heavy (non-hydrogen) atoms. The number of carboxylic acids is 3. The molecule has 3 atom stereocenters. The second kappa shape index (κ2) is 18.6. The van der Waals surface area contributed by atoms with Gasteiger partial charge in [0.15, 0.2) is 0 Å². The highest BCUT2D eigenvalue weighted by Crippen LogP contribution is 2.03. The standard InChI is InChI=1S/2C6H14N2O2.C5H9NO2/c2*7-4-2-1-3-5(8)6(9)10;7-5(8)4-2-1-3-6-4/h2*5H,1-4,7-8H2,(H,9,10);4,6H,1-3H2,(H,7,8)/t;;4-/m..0/s1. The molecule has 0 radical (unpaired) electrons. The lowest BCUT2D eigenvalue weighted by atomic mass is 10.1. The Morgan fingerprint density at radius 2 is 1.29 bits per heavy atom. The summed E-state index contributed by atoms with van der Waals surface area (Å²) in [6.07, 6.45) is 6.11. The number of carbonyl (C=O) groups is 3. The van der Waals surface area contributed by atoms with E-state index in [-0.39, 0.29) is 6.04 Å². The highest BCUT2D eigenvalue weighted by Gasteiger charge is 2.20. The van der Waals surface area contributed by atoms with Crippen LogP contribution < -0.4 is 28.3 Å². The molecule has 0 spiro atoms. The topological polar surface area (TPSA) is 228 Å². The Hall–Kier alpha value is -1.79. The van der Waals surface area contributed by atoms with Crippen molar-refractivity contribution in [1.29, 1.82) is 0 Å². The predicted molar refractivity (Wildman–Crippen MR) is 106 cm³/mol. The van der Waals surface area contributed by atoms with Crippen LogP contribution in [0, 0.1) is 0 Å². The highest BCUT2D eigenvalue weighted by molar-refractivity contribution is 5.74. The second-order valence-electron chi connectivity index (χ2n) is 6.45. The normalized spacial score (nSPS) is 17.4. The third-order valence-electron chi connectivity index (χ3n) is 3.93. The van der Waals surface area contributed by atoms with Crippen LogP contribution in [0.15, 0.2) is 0 Å². The first-order chi connectivity index (χ1) is 13.2. The minimum Gasteiger partial charge on any atom is -0.480 e. The van der Waals surface area contributed by atoms with Gasteiger partial charge in [0, 0.05) is 0 Å². The van der Waals surface area contributed by atoms with E-state index in [0.717, 1.165) is 45.1 Å². The first-order valence-electron chi connectivity index (χ1n) is 9.50. The highest BCUT2D eigenvalue weighted by atomic mass is 16.4. The minimum absolute atomic E-state index is 0.269. The molecule has 11 heteroatoms. The number of unbranched alkanes of at least 4 members (excludes halogenated alkanes) is 2. The first kappa shape index (κ1) is 28.4. The summed E-state index contributed by atoms with van der Waals surface area (Å²) < 4.78 is 0. The average Bonchev–Trinajstić information content (AvgIpc) is 3.18. The molecule has 0 aliphatic carbocycles. The zero-order chi connectivity index (χ0) is 21.9. The van der Waals surface area contributed by atoms with Crippen molar-refractivity contribution in [2.45, 2.75) is 69.5 Å². The molecule has 0 aromatic carbocycles. The van der Waals surface area contributed by atoms with Crippen molar-refractivity contribution in [3.05, 3.63) is 0 Å². The zero-order valence-corrected chi connectivity index (χ0v) is 16.4. The molecule has 166 valence electrons. The van der Waals surface area contributed by atoms with Crippen molar-refractivity contribution in [2.24, 2.45) is 22.9 Å². The fraction of sp³-hybridized carbons (Fsp3) is 0.824. The van der Waals surface area contributed by atoms with Gasteiger partial charge in [-0.25, -0.2) is 0 Å². The Balaban J connectivity index is 0. The molecule has 0 saturated carbocycles. The SMILES string of the molecule is NCCCCC(N)C(=O)O.NCCCCC(N)C(=O)O.O=C(O)[C@@H]1CCCN1. The number of nitrogens with one attached hydrogen (secondary N) is 1. The van der Waals surface area contributed by atoms with Crippen molar-refractivity contribution >= 4 is 17.9 Å². The van der Waals surface area contributed by atoms with E-state index < -0.39 is 30.0 Å². The Morgan fingerprint density at radius 1 is 0.857 bits per heavy atom. The van der Waals surface area contributed by atoms with Crippen LogP contribution in [0.5, 0.6) is 0 Å². The van der Waals surface area contributed by atoms with E-state index in [0.29, 0.717) is 25.9 Å². The van der Waals surface area contributed by atoms with Gasteiger partial charge in [0.05, 0.1) is 0 Å². The summed E-state index contributed by atoms with van der Waals surface area (Å²) in [5.41, 5.74) is 20.8. The van der Waals surface area contributed by atoms with Crippen LogP contribution in [-0.4, -0.2) is 71.0 Å². The molecule has 1 aliphatic heterocycles. The monoisotopic (exact) mass is 407 g/mol. The van der Waals surface area contributed by atoms with Gasteiger partial charge in [-0.1, -0.05) is 12.8 Å². The van der Waals surface area contributed by atoms with Crippen LogP contribution in [0.3, 0.4) is 0 Å². The number of carboxylic acid groups (broad SMARTS) is 3. The van der Waals surface area contributed by atoms with Crippen LogP contribution in [0.1, 0.15) is 51.4 Å². The van der Waals surface area contributed by atoms with Gasteiger partial charge < -0.3 is 43.6 Å². The molecule has 0 bridgehead atoms. The van der Waals surface area contributed by atoms with Gasteiger partial charge in [-0.2, -0.15) is 0 Å². The lowest BCUT2D eigenvalue weighted by Crippen LogP contribution is -2.29. The summed E-state index contributed by atoms with van der Waals surface area (Å²) >= 11 is 0. The van der Waals surface area contributed by atoms with E-state index in [4.69, 9.17) is 38.3 Å². The molecule has 1 saturated heterocycles. The van der Waals surface area contributed by atoms with Gasteiger partial charge in [0.25, 0.3) is 0 Å². The van der Waals surface area contributed by atoms with E-state index >= 15 is 0 Å². The van der Waals surface area contributed by atoms with Gasteiger partial charge >= 0.3 is 17.9 Å². The molecule has 0 amide bonds. The number of hydrogen-bond donors (Lipinski definition) is 8. The van der Waals surface area contributed by atoms with Gasteiger partial charge in [0.2, 0.25) is 0 Å². The summed E-state index contributed by atoms with van der Waals surface area (Å²) in [5.74, 6) is -2.59. The zero-order valence-electron chi connectivity index (χ0n) is 16.4. The maximum absolute atomic E-state index is 10.1. The molecule has 11 nitrogen and oxygen atoms in total. The maximum atomic E-state index is 10.1. The number of hydrogen-bond acceptors (Lipinski definition) is 8. The molecule has 1 rings (SSSR count). The van der Waals surface area contributed by atoms with E-state index in [9.17, 15) is 14.4 Å². The van der Waals surface area contributed by atoms with Crippen molar-refractivity contribution in [3.63, 3.8) is 0 Å². The number of aliphatic carboxylic acids is 3. The largest absolute Gasteiger partial charge is 0.480 e. The lowest BCUT2D eigenvalue weighted by molar-refractivity contribution is -0.139. The smallest absolute Gasteiger partial charge is 0.320 e. The van der Waals surface area contributed by atoms with Crippen molar-refractivity contribution in [3.8, 4) is 0 Å². The third kappa shape index (κ3) is 17.6. The maximum Gasteiger partial charge on any atom is 0.320 e. The van der Waals surface area contributed by atoms with Gasteiger partial charge in [-0.3, -0.25) is 14.4 Å². The summed E-state index contributed by atoms with van der Waals surface area (Å²) in [6, 6.07) is -1.70. The second-order valence-corrected chi connectivity index (χ2v) is 6.45. The summed E-state index contributed by atoms with van der Waals surface area (Å²) in [7, 11) is 0. The van der Waals surface area contributed by atoms with Crippen LogP contribution in [0.4, 0.5) is 0 Å². The Labute approximate surface area is 165 Å². The molecule has 1 fully saturated rings. The Kier molecular flexibility index (Phi) is 18.8. The lowest BCUT2D eigenvalue weighted by Gasteiger charge is -2.03. The number of rotatable bonds is 11. The van der Waals surface area contributed by atoms with E-state index in [1.54, 1.807) is 0 Å². The molecule has 12 N–H and O–H groups in total. The minimum atomic E-state index is -0.933. The summed E-state index contributed by atoms with van der Waals surface area (Å²) in [4.78, 5) is 30.4. The Morgan fingerprint density at radius 3 is 1.50 bits per heavy atom. The third-order valence-corrected chi connectivity index (χ3v) is 3.93. The summed E-state index contributed by atoms with van der Waals surface area (Å²) in [6.45, 7) is 2.07. The Bertz CT molecular complexity index is 406. The summed E-state index contributed by atoms with van der Waals surface area (Å²) in [5, 5.41) is 27.9. The molecule has 1 aliphatic rings. The fourth-order valence-corrected chi connectivity index (χ4v) is 2.16. The molecule has 0 aromatic heterocycles. The van der Waals surface area contributed by atoms with Crippen LogP contribution in [0.2, 0.25) is 0 Å². The quantitative estimate of drug-likeness (QED) is 0.191. The van der Waals surface area contributed by atoms with Crippen LogP contribution in [0.25, 0.3) is 0 Å². The molecular weight excluding hydrogens is 370 g/mol. The first-order valence-corrected chi connectivity index (χ1v) is 9.50. The van der Waals surface area contributed by atoms with E-state index in [1.807, 2.05) is 0 Å². The number of nitrogens with two attached hydrogens (primary N) is 4. The predicted octanol–water partition coefficient (Wildman–Crippen LogP) is -1.12. The molecule has 1 heterocycles. The van der Waals surface area contributed by atoms with Gasteiger partial charge in [0.1, 0.15) is 18.1 Å². The van der Waals surface area contributed by atoms with Crippen LogP contribution >= 0.6 is 0 Å². The van der Waals surface area contributed by atoms with E-state index in [1.165, 1.54) is 0 Å². The molecule has 0 aromatic rings. The van der Waals surface area contributed by atoms with Gasteiger partial charge in [-0.05, 0) is 58.2 Å². The van der Waals surface area contributed by atoms with Gasteiger partial charge in [-0.15, -0.1) is 0 Å². The fourth-order valence-electron chi connectivity index (χ4n) is 2.16.